The van der Waals surface area contributed by atoms with Crippen LogP contribution in [-0.4, -0.2) is 38.0 Å². The molecule has 0 spiro atoms. The molecule has 0 aliphatic carbocycles. The number of aromatic nitrogens is 1. The molecule has 0 fully saturated rings. The Bertz CT molecular complexity index is 446. The van der Waals surface area contributed by atoms with E-state index in [-0.39, 0.29) is 5.75 Å². The molecule has 0 aromatic carbocycles. The predicted molar refractivity (Wildman–Crippen MR) is 79.0 cm³/mol. The van der Waals surface area contributed by atoms with Gasteiger partial charge >= 0.3 is 0 Å². The van der Waals surface area contributed by atoms with Crippen LogP contribution < -0.4 is 5.32 Å². The van der Waals surface area contributed by atoms with Gasteiger partial charge in [0.2, 0.25) is 0 Å². The fourth-order valence-electron chi connectivity index (χ4n) is 1.99. The summed E-state index contributed by atoms with van der Waals surface area (Å²) < 4.78 is 22.3. The van der Waals surface area contributed by atoms with Crippen molar-refractivity contribution in [1.29, 1.82) is 0 Å². The van der Waals surface area contributed by atoms with Gasteiger partial charge in [-0.2, -0.15) is 0 Å². The Balaban J connectivity index is 2.47. The van der Waals surface area contributed by atoms with E-state index in [4.69, 9.17) is 0 Å². The van der Waals surface area contributed by atoms with Crippen LogP contribution in [0.15, 0.2) is 24.4 Å². The molecule has 5 heteroatoms. The van der Waals surface area contributed by atoms with Crippen molar-refractivity contribution < 1.29 is 8.42 Å². The lowest BCUT2D eigenvalue weighted by atomic mass is 10.1. The van der Waals surface area contributed by atoms with Crippen molar-refractivity contribution in [2.24, 2.45) is 0 Å². The van der Waals surface area contributed by atoms with Gasteiger partial charge in [-0.15, -0.1) is 0 Å². The molecule has 19 heavy (non-hydrogen) atoms. The van der Waals surface area contributed by atoms with E-state index in [1.807, 2.05) is 18.2 Å². The summed E-state index contributed by atoms with van der Waals surface area (Å²) in [5, 5.41) is 3.47. The van der Waals surface area contributed by atoms with Crippen molar-refractivity contribution in [2.45, 2.75) is 38.6 Å². The van der Waals surface area contributed by atoms with Crippen molar-refractivity contribution in [3.63, 3.8) is 0 Å². The van der Waals surface area contributed by atoms with Gasteiger partial charge in [0.15, 0.2) is 0 Å². The van der Waals surface area contributed by atoms with Gasteiger partial charge in [0.1, 0.15) is 9.84 Å². The average Bonchev–Trinajstić information content (AvgIpc) is 2.35. The van der Waals surface area contributed by atoms with Crippen LogP contribution in [0.2, 0.25) is 0 Å². The average molecular weight is 284 g/mol. The minimum atomic E-state index is -2.86. The molecule has 0 amide bonds. The first-order valence-corrected chi connectivity index (χ1v) is 8.88. The van der Waals surface area contributed by atoms with Crippen molar-refractivity contribution >= 4 is 9.84 Å². The first-order valence-electron chi connectivity index (χ1n) is 6.82. The fraction of sp³-hybridized carbons (Fsp3) is 0.643. The maximum atomic E-state index is 11.2. The van der Waals surface area contributed by atoms with Crippen LogP contribution in [-0.2, 0) is 16.3 Å². The van der Waals surface area contributed by atoms with Gasteiger partial charge in [0.25, 0.3) is 0 Å². The lowest BCUT2D eigenvalue weighted by molar-refractivity contribution is 0.468. The standard InChI is InChI=1S/C14H24N2O2S/c1-3-9-15-14(8-6-11-19(2,17)18)12-13-7-4-5-10-16-13/h4-5,7,10,14-15H,3,6,8-9,11-12H2,1-2H3. The molecule has 1 heterocycles. The number of sulfone groups is 1. The van der Waals surface area contributed by atoms with Crippen molar-refractivity contribution in [3.05, 3.63) is 30.1 Å². The third-order valence-corrected chi connectivity index (χ3v) is 3.96. The molecule has 0 radical (unpaired) electrons. The second kappa shape index (κ2) is 8.27. The van der Waals surface area contributed by atoms with Crippen LogP contribution in [0.1, 0.15) is 31.9 Å². The van der Waals surface area contributed by atoms with Crippen molar-refractivity contribution in [2.75, 3.05) is 18.6 Å². The van der Waals surface area contributed by atoms with Gasteiger partial charge in [0.05, 0.1) is 0 Å². The summed E-state index contributed by atoms with van der Waals surface area (Å²) in [6, 6.07) is 6.20. The molecule has 0 saturated carbocycles. The highest BCUT2D eigenvalue weighted by Gasteiger charge is 2.11. The van der Waals surface area contributed by atoms with E-state index in [9.17, 15) is 8.42 Å². The number of nitrogens with one attached hydrogen (secondary N) is 1. The third kappa shape index (κ3) is 7.95. The largest absolute Gasteiger partial charge is 0.314 e. The molecule has 0 saturated heterocycles. The zero-order valence-corrected chi connectivity index (χ0v) is 12.6. The number of hydrogen-bond donors (Lipinski definition) is 1. The Hall–Kier alpha value is -0.940. The topological polar surface area (TPSA) is 59.1 Å². The molecule has 0 aliphatic rings. The monoisotopic (exact) mass is 284 g/mol. The molecule has 1 N–H and O–H groups in total. The maximum absolute atomic E-state index is 11.2. The minimum Gasteiger partial charge on any atom is -0.314 e. The van der Waals surface area contributed by atoms with Crippen LogP contribution in [0.3, 0.4) is 0 Å². The molecule has 1 unspecified atom stereocenters. The molecule has 1 aromatic rings. The molecule has 0 bridgehead atoms. The van der Waals surface area contributed by atoms with Crippen LogP contribution >= 0.6 is 0 Å². The molecular weight excluding hydrogens is 260 g/mol. The van der Waals surface area contributed by atoms with Gasteiger partial charge < -0.3 is 5.32 Å². The third-order valence-electron chi connectivity index (χ3n) is 2.93. The first kappa shape index (κ1) is 16.1. The predicted octanol–water partition coefficient (Wildman–Crippen LogP) is 1.82. The van der Waals surface area contributed by atoms with E-state index >= 15 is 0 Å². The van der Waals surface area contributed by atoms with E-state index in [0.29, 0.717) is 12.5 Å². The Morgan fingerprint density at radius 2 is 2.16 bits per heavy atom. The van der Waals surface area contributed by atoms with Crippen molar-refractivity contribution in [1.82, 2.24) is 10.3 Å². The van der Waals surface area contributed by atoms with Crippen molar-refractivity contribution in [3.8, 4) is 0 Å². The normalized spacial score (nSPS) is 13.4. The molecular formula is C14H24N2O2S. The summed E-state index contributed by atoms with van der Waals surface area (Å²) in [6.07, 6.45) is 6.58. The first-order chi connectivity index (χ1) is 9.01. The van der Waals surface area contributed by atoms with E-state index in [2.05, 4.69) is 17.2 Å². The quantitative estimate of drug-likeness (QED) is 0.751. The van der Waals surface area contributed by atoms with Gasteiger partial charge in [-0.05, 0) is 37.9 Å². The lowest BCUT2D eigenvalue weighted by Gasteiger charge is -2.18. The lowest BCUT2D eigenvalue weighted by Crippen LogP contribution is -2.32. The second-order valence-electron chi connectivity index (χ2n) is 4.95. The zero-order chi connectivity index (χ0) is 14.1. The van der Waals surface area contributed by atoms with E-state index < -0.39 is 9.84 Å². The van der Waals surface area contributed by atoms with Gasteiger partial charge in [-0.1, -0.05) is 13.0 Å². The Morgan fingerprint density at radius 3 is 2.74 bits per heavy atom. The van der Waals surface area contributed by atoms with E-state index in [1.54, 1.807) is 6.20 Å². The van der Waals surface area contributed by atoms with Crippen LogP contribution in [0.25, 0.3) is 0 Å². The molecule has 1 atom stereocenters. The molecule has 4 nitrogen and oxygen atoms in total. The van der Waals surface area contributed by atoms with Gasteiger partial charge in [-0.25, -0.2) is 8.42 Å². The molecule has 108 valence electrons. The molecule has 1 aromatic heterocycles. The van der Waals surface area contributed by atoms with Gasteiger partial charge in [-0.3, -0.25) is 4.98 Å². The molecule has 1 rings (SSSR count). The summed E-state index contributed by atoms with van der Waals surface area (Å²) in [5.74, 6) is 0.263. The number of pyridine rings is 1. The highest BCUT2D eigenvalue weighted by molar-refractivity contribution is 7.90. The van der Waals surface area contributed by atoms with Crippen LogP contribution in [0, 0.1) is 0 Å². The van der Waals surface area contributed by atoms with Crippen LogP contribution in [0.5, 0.6) is 0 Å². The highest BCUT2D eigenvalue weighted by Crippen LogP contribution is 2.07. The molecule has 0 aliphatic heterocycles. The Morgan fingerprint density at radius 1 is 1.37 bits per heavy atom. The summed E-state index contributed by atoms with van der Waals surface area (Å²) >= 11 is 0. The van der Waals surface area contributed by atoms with Crippen LogP contribution in [0.4, 0.5) is 0 Å². The number of hydrogen-bond acceptors (Lipinski definition) is 4. The fourth-order valence-corrected chi connectivity index (χ4v) is 2.68. The zero-order valence-electron chi connectivity index (χ0n) is 11.8. The van der Waals surface area contributed by atoms with Gasteiger partial charge in [0, 0.05) is 36.4 Å². The second-order valence-corrected chi connectivity index (χ2v) is 7.21. The minimum absolute atomic E-state index is 0.263. The summed E-state index contributed by atoms with van der Waals surface area (Å²) in [6.45, 7) is 3.08. The Kier molecular flexibility index (Phi) is 7.02. The smallest absolute Gasteiger partial charge is 0.147 e. The SMILES string of the molecule is CCCNC(CCCS(C)(=O)=O)Cc1ccccn1. The maximum Gasteiger partial charge on any atom is 0.147 e. The summed E-state index contributed by atoms with van der Waals surface area (Å²) in [4.78, 5) is 4.33. The number of rotatable bonds is 9. The van der Waals surface area contributed by atoms with E-state index in [0.717, 1.165) is 31.5 Å². The number of nitrogens with zero attached hydrogens (tertiary/aromatic N) is 1. The highest BCUT2D eigenvalue weighted by atomic mass is 32.2. The summed E-state index contributed by atoms with van der Waals surface area (Å²) in [5.41, 5.74) is 1.05. The summed E-state index contributed by atoms with van der Waals surface area (Å²) in [7, 11) is -2.86. The Labute approximate surface area is 116 Å². The van der Waals surface area contributed by atoms with E-state index in [1.165, 1.54) is 6.26 Å².